The van der Waals surface area contributed by atoms with Crippen LogP contribution in [0.3, 0.4) is 0 Å². The number of nitrogens with two attached hydrogens (primary N) is 1. The second-order valence-corrected chi connectivity index (χ2v) is 3.28. The molecule has 5 heteroatoms. The molecule has 0 saturated heterocycles. The molecule has 0 aliphatic carbocycles. The predicted molar refractivity (Wildman–Crippen MR) is 65.3 cm³/mol. The zero-order chi connectivity index (χ0) is 12.8. The van der Waals surface area contributed by atoms with E-state index in [9.17, 15) is 0 Å². The van der Waals surface area contributed by atoms with Gasteiger partial charge in [0.25, 0.3) is 0 Å². The zero-order valence-electron chi connectivity index (χ0n) is 10.2. The second-order valence-electron chi connectivity index (χ2n) is 3.28. The summed E-state index contributed by atoms with van der Waals surface area (Å²) in [7, 11) is 1.46. The van der Waals surface area contributed by atoms with Crippen LogP contribution in [0.2, 0.25) is 0 Å². The highest BCUT2D eigenvalue weighted by molar-refractivity contribution is 5.73. The van der Waals surface area contributed by atoms with E-state index in [-0.39, 0.29) is 11.4 Å². The molecule has 0 aromatic carbocycles. The number of aromatic nitrogens is 1. The van der Waals surface area contributed by atoms with Gasteiger partial charge in [-0.25, -0.2) is 4.98 Å². The van der Waals surface area contributed by atoms with E-state index in [1.54, 1.807) is 13.0 Å². The van der Waals surface area contributed by atoms with Crippen molar-refractivity contribution in [3.05, 3.63) is 23.1 Å². The summed E-state index contributed by atoms with van der Waals surface area (Å²) in [5.74, 6) is 0.246. The van der Waals surface area contributed by atoms with Crippen LogP contribution >= 0.6 is 0 Å². The van der Waals surface area contributed by atoms with Gasteiger partial charge in [0.1, 0.15) is 11.6 Å². The lowest BCUT2D eigenvalue weighted by Crippen LogP contribution is -2.03. The molecular weight excluding hydrogens is 218 g/mol. The van der Waals surface area contributed by atoms with Gasteiger partial charge in [-0.05, 0) is 19.9 Å². The van der Waals surface area contributed by atoms with E-state index in [1.807, 2.05) is 13.0 Å². The van der Waals surface area contributed by atoms with Gasteiger partial charge in [0, 0.05) is 5.56 Å². The lowest BCUT2D eigenvalue weighted by atomic mass is 10.1. The Morgan fingerprint density at radius 3 is 2.76 bits per heavy atom. The van der Waals surface area contributed by atoms with Gasteiger partial charge in [0.05, 0.1) is 31.4 Å². The molecule has 0 radical (unpaired) electrons. The van der Waals surface area contributed by atoms with Crippen LogP contribution in [0.25, 0.3) is 6.08 Å². The molecule has 0 spiro atoms. The van der Waals surface area contributed by atoms with E-state index in [4.69, 9.17) is 20.5 Å². The van der Waals surface area contributed by atoms with E-state index < -0.39 is 0 Å². The Bertz CT molecular complexity index is 476. The fourth-order valence-corrected chi connectivity index (χ4v) is 1.39. The molecule has 0 aliphatic rings. The van der Waals surface area contributed by atoms with Crippen molar-refractivity contribution in [1.82, 2.24) is 4.98 Å². The molecule has 0 saturated carbocycles. The van der Waals surface area contributed by atoms with Crippen LogP contribution in [0, 0.1) is 18.3 Å². The summed E-state index contributed by atoms with van der Waals surface area (Å²) in [6, 6.07) is 1.99. The van der Waals surface area contributed by atoms with Crippen LogP contribution in [-0.2, 0) is 4.74 Å². The maximum atomic E-state index is 9.01. The fourth-order valence-electron chi connectivity index (χ4n) is 1.39. The van der Waals surface area contributed by atoms with Crippen LogP contribution in [0.15, 0.2) is 6.26 Å². The summed E-state index contributed by atoms with van der Waals surface area (Å²) in [5.41, 5.74) is 7.87. The Hall–Kier alpha value is -2.22. The molecular formula is C12H15N3O2. The highest BCUT2D eigenvalue weighted by Gasteiger charge is 2.14. The lowest BCUT2D eigenvalue weighted by Gasteiger charge is -2.10. The molecule has 0 fully saturated rings. The fraction of sp³-hybridized carbons (Fsp3) is 0.333. The summed E-state index contributed by atoms with van der Waals surface area (Å²) in [6.45, 7) is 4.25. The number of nitrogen functional groups attached to an aromatic ring is 1. The minimum absolute atomic E-state index is 0.245. The van der Waals surface area contributed by atoms with Crippen LogP contribution in [0.4, 0.5) is 5.69 Å². The number of ether oxygens (including phenoxy) is 2. The first-order valence-corrected chi connectivity index (χ1v) is 5.18. The maximum Gasteiger partial charge on any atom is 0.233 e. The number of pyridine rings is 1. The molecule has 5 nitrogen and oxygen atoms in total. The lowest BCUT2D eigenvalue weighted by molar-refractivity contribution is 0.272. The third kappa shape index (κ3) is 2.67. The minimum Gasteiger partial charge on any atom is -0.501 e. The largest absolute Gasteiger partial charge is 0.501 e. The average Bonchev–Trinajstić information content (AvgIpc) is 2.32. The summed E-state index contributed by atoms with van der Waals surface area (Å²) in [6.07, 6.45) is 3.23. The molecule has 0 aliphatic heterocycles. The van der Waals surface area contributed by atoms with Gasteiger partial charge in [-0.3, -0.25) is 0 Å². The van der Waals surface area contributed by atoms with Crippen LogP contribution in [-0.4, -0.2) is 18.7 Å². The van der Waals surface area contributed by atoms with E-state index in [0.29, 0.717) is 23.6 Å². The summed E-state index contributed by atoms with van der Waals surface area (Å²) < 4.78 is 10.1. The van der Waals surface area contributed by atoms with Crippen molar-refractivity contribution in [1.29, 1.82) is 5.26 Å². The topological polar surface area (TPSA) is 81.2 Å². The van der Waals surface area contributed by atoms with Gasteiger partial charge in [0.15, 0.2) is 0 Å². The van der Waals surface area contributed by atoms with Gasteiger partial charge in [-0.1, -0.05) is 0 Å². The normalized spacial score (nSPS) is 10.2. The zero-order valence-corrected chi connectivity index (χ0v) is 10.2. The number of hydrogen-bond donors (Lipinski definition) is 1. The molecule has 1 aromatic heterocycles. The Morgan fingerprint density at radius 1 is 1.53 bits per heavy atom. The standard InChI is InChI=1S/C12H15N3O2/c1-4-17-6-5-9-8(2)15-12(16-3)10(7-13)11(9)14/h5-6H,4H2,1-3H3,(H2,14,15)/b6-5-. The number of methoxy groups -OCH3 is 1. The van der Waals surface area contributed by atoms with Gasteiger partial charge in [-0.2, -0.15) is 5.26 Å². The van der Waals surface area contributed by atoms with Gasteiger partial charge >= 0.3 is 0 Å². The predicted octanol–water partition coefficient (Wildman–Crippen LogP) is 1.86. The van der Waals surface area contributed by atoms with Crippen molar-refractivity contribution in [2.24, 2.45) is 0 Å². The van der Waals surface area contributed by atoms with Gasteiger partial charge in [-0.15, -0.1) is 0 Å². The monoisotopic (exact) mass is 233 g/mol. The molecule has 0 atom stereocenters. The molecule has 0 bridgehead atoms. The molecule has 1 rings (SSSR count). The molecule has 90 valence electrons. The molecule has 2 N–H and O–H groups in total. The van der Waals surface area contributed by atoms with Crippen molar-refractivity contribution in [2.45, 2.75) is 13.8 Å². The van der Waals surface area contributed by atoms with E-state index in [1.165, 1.54) is 13.4 Å². The number of anilines is 1. The van der Waals surface area contributed by atoms with E-state index in [0.717, 1.165) is 0 Å². The van der Waals surface area contributed by atoms with Crippen LogP contribution < -0.4 is 10.5 Å². The first-order chi connectivity index (χ1) is 8.15. The quantitative estimate of drug-likeness (QED) is 0.803. The highest BCUT2D eigenvalue weighted by atomic mass is 16.5. The number of aryl methyl sites for hydroxylation is 1. The summed E-state index contributed by atoms with van der Waals surface area (Å²) in [4.78, 5) is 4.17. The third-order valence-corrected chi connectivity index (χ3v) is 2.24. The number of hydrogen-bond acceptors (Lipinski definition) is 5. The molecule has 1 heterocycles. The molecule has 0 amide bonds. The SMILES string of the molecule is CCO/C=C\c1c(C)nc(OC)c(C#N)c1N. The third-order valence-electron chi connectivity index (χ3n) is 2.24. The van der Waals surface area contributed by atoms with Crippen LogP contribution in [0.5, 0.6) is 5.88 Å². The van der Waals surface area contributed by atoms with Crippen molar-refractivity contribution in [2.75, 3.05) is 19.5 Å². The van der Waals surface area contributed by atoms with E-state index in [2.05, 4.69) is 4.98 Å². The number of nitriles is 1. The van der Waals surface area contributed by atoms with Crippen molar-refractivity contribution in [3.8, 4) is 11.9 Å². The van der Waals surface area contributed by atoms with Gasteiger partial charge < -0.3 is 15.2 Å². The Labute approximate surface area is 100 Å². The molecule has 0 unspecified atom stereocenters. The average molecular weight is 233 g/mol. The molecule has 1 aromatic rings. The summed E-state index contributed by atoms with van der Waals surface area (Å²) in [5, 5.41) is 9.01. The number of rotatable bonds is 4. The van der Waals surface area contributed by atoms with Gasteiger partial charge in [0.2, 0.25) is 5.88 Å². The maximum absolute atomic E-state index is 9.01. The van der Waals surface area contributed by atoms with Crippen molar-refractivity contribution in [3.63, 3.8) is 0 Å². The minimum atomic E-state index is 0.245. The van der Waals surface area contributed by atoms with E-state index >= 15 is 0 Å². The van der Waals surface area contributed by atoms with Crippen molar-refractivity contribution >= 4 is 11.8 Å². The Balaban J connectivity index is 3.28. The summed E-state index contributed by atoms with van der Waals surface area (Å²) >= 11 is 0. The van der Waals surface area contributed by atoms with Crippen molar-refractivity contribution < 1.29 is 9.47 Å². The highest BCUT2D eigenvalue weighted by Crippen LogP contribution is 2.28. The second kappa shape index (κ2) is 5.75. The number of nitrogens with zero attached hydrogens (tertiary/aromatic N) is 2. The first-order valence-electron chi connectivity index (χ1n) is 5.18. The van der Waals surface area contributed by atoms with Crippen LogP contribution in [0.1, 0.15) is 23.7 Å². The Morgan fingerprint density at radius 2 is 2.24 bits per heavy atom. The smallest absolute Gasteiger partial charge is 0.233 e. The Kier molecular flexibility index (Phi) is 4.35. The molecule has 17 heavy (non-hydrogen) atoms. The first kappa shape index (κ1) is 12.8.